The number of nitrogen functional groups attached to an aromatic ring is 1. The molecule has 158 valence electrons. The molecule has 0 atom stereocenters. The molecule has 10 heteroatoms. The molecule has 0 radical (unpaired) electrons. The van der Waals surface area contributed by atoms with Gasteiger partial charge in [-0.05, 0) is 45.6 Å². The number of aliphatic hydroxyl groups excluding tert-OH is 1. The second kappa shape index (κ2) is 7.86. The quantitative estimate of drug-likeness (QED) is 0.592. The fourth-order valence-corrected chi connectivity index (χ4v) is 4.06. The van der Waals surface area contributed by atoms with Gasteiger partial charge >= 0.3 is 0 Å². The van der Waals surface area contributed by atoms with E-state index in [0.29, 0.717) is 54.8 Å². The van der Waals surface area contributed by atoms with Crippen LogP contribution in [0.3, 0.4) is 0 Å². The van der Waals surface area contributed by atoms with Crippen molar-refractivity contribution >= 4 is 28.7 Å². The summed E-state index contributed by atoms with van der Waals surface area (Å²) in [5.74, 6) is 0.0746. The van der Waals surface area contributed by atoms with Gasteiger partial charge in [0.1, 0.15) is 17.0 Å². The first-order chi connectivity index (χ1) is 14.4. The van der Waals surface area contributed by atoms with Crippen LogP contribution in [0.1, 0.15) is 54.7 Å². The maximum Gasteiger partial charge on any atom is 0.265 e. The Hall–Kier alpha value is -3.27. The summed E-state index contributed by atoms with van der Waals surface area (Å²) in [6.45, 7) is 4.27. The predicted molar refractivity (Wildman–Crippen MR) is 112 cm³/mol. The van der Waals surface area contributed by atoms with Crippen LogP contribution in [0.4, 0.5) is 11.8 Å². The number of carbonyl (C=O) groups excluding carboxylic acids is 1. The van der Waals surface area contributed by atoms with Crippen LogP contribution in [-0.4, -0.2) is 41.4 Å². The molecule has 4 N–H and O–H groups in total. The van der Waals surface area contributed by atoms with Gasteiger partial charge in [0.2, 0.25) is 5.95 Å². The Balaban J connectivity index is 1.85. The van der Waals surface area contributed by atoms with E-state index >= 15 is 0 Å². The monoisotopic (exact) mass is 411 g/mol. The molecular weight excluding hydrogens is 386 g/mol. The van der Waals surface area contributed by atoms with E-state index in [1.54, 1.807) is 28.4 Å². The highest BCUT2D eigenvalue weighted by Gasteiger charge is 2.27. The Labute approximate surface area is 172 Å². The molecule has 1 fully saturated rings. The third-order valence-corrected chi connectivity index (χ3v) is 5.63. The first-order valence-electron chi connectivity index (χ1n) is 10.1. The van der Waals surface area contributed by atoms with Crippen LogP contribution in [0, 0.1) is 6.92 Å². The lowest BCUT2D eigenvalue weighted by Crippen LogP contribution is -2.35. The number of aryl methyl sites for hydroxylation is 2. The minimum atomic E-state index is -0.516. The summed E-state index contributed by atoms with van der Waals surface area (Å²) >= 11 is 0. The van der Waals surface area contributed by atoms with E-state index < -0.39 is 11.5 Å². The number of nitrogens with two attached hydrogens (primary N) is 1. The number of amides is 1. The van der Waals surface area contributed by atoms with Gasteiger partial charge in [-0.2, -0.15) is 10.1 Å². The van der Waals surface area contributed by atoms with Crippen molar-refractivity contribution in [3.63, 3.8) is 0 Å². The van der Waals surface area contributed by atoms with Crippen molar-refractivity contribution in [2.45, 2.75) is 58.2 Å². The number of carbonyl (C=O) groups is 1. The Morgan fingerprint density at radius 3 is 2.73 bits per heavy atom. The smallest absolute Gasteiger partial charge is 0.265 e. The summed E-state index contributed by atoms with van der Waals surface area (Å²) in [6, 6.07) is 3.03. The molecule has 0 unspecified atom stereocenters. The van der Waals surface area contributed by atoms with Crippen LogP contribution in [-0.2, 0) is 6.54 Å². The molecule has 1 amide bonds. The molecule has 3 aromatic rings. The van der Waals surface area contributed by atoms with Crippen LogP contribution >= 0.6 is 0 Å². The second-order valence-corrected chi connectivity index (χ2v) is 7.59. The van der Waals surface area contributed by atoms with Crippen LogP contribution < -0.4 is 16.6 Å². The van der Waals surface area contributed by atoms with Crippen LogP contribution in [0.5, 0.6) is 0 Å². The van der Waals surface area contributed by atoms with Crippen molar-refractivity contribution in [1.82, 2.24) is 24.3 Å². The van der Waals surface area contributed by atoms with Gasteiger partial charge in [-0.3, -0.25) is 14.2 Å². The summed E-state index contributed by atoms with van der Waals surface area (Å²) in [7, 11) is 0. The van der Waals surface area contributed by atoms with Crippen molar-refractivity contribution in [1.29, 1.82) is 0 Å². The number of nitrogens with one attached hydrogen (secondary N) is 1. The summed E-state index contributed by atoms with van der Waals surface area (Å²) in [5.41, 5.74) is 6.44. The number of fused-ring (bicyclic) bond motifs is 1. The highest BCUT2D eigenvalue weighted by atomic mass is 16.3. The summed E-state index contributed by atoms with van der Waals surface area (Å²) in [6.07, 6.45) is 3.63. The van der Waals surface area contributed by atoms with Crippen LogP contribution in [0.15, 0.2) is 23.1 Å². The maximum atomic E-state index is 13.4. The third-order valence-electron chi connectivity index (χ3n) is 5.63. The molecule has 1 aliphatic rings. The molecule has 1 aliphatic carbocycles. The fraction of sp³-hybridized carbons (Fsp3) is 0.450. The summed E-state index contributed by atoms with van der Waals surface area (Å²) in [4.78, 5) is 35.0. The van der Waals surface area contributed by atoms with Gasteiger partial charge in [0.25, 0.3) is 11.5 Å². The Bertz CT molecular complexity index is 1160. The van der Waals surface area contributed by atoms with Gasteiger partial charge in [-0.15, -0.1) is 0 Å². The van der Waals surface area contributed by atoms with E-state index in [1.165, 1.54) is 6.07 Å². The van der Waals surface area contributed by atoms with E-state index in [9.17, 15) is 14.7 Å². The highest BCUT2D eigenvalue weighted by molar-refractivity contribution is 6.05. The Kier molecular flexibility index (Phi) is 5.25. The van der Waals surface area contributed by atoms with Gasteiger partial charge in [0.15, 0.2) is 0 Å². The second-order valence-electron chi connectivity index (χ2n) is 7.59. The molecule has 3 heterocycles. The third kappa shape index (κ3) is 3.54. The van der Waals surface area contributed by atoms with E-state index in [-0.39, 0.29) is 23.7 Å². The van der Waals surface area contributed by atoms with Gasteiger partial charge in [0, 0.05) is 24.0 Å². The average Bonchev–Trinajstić information content (AvgIpc) is 3.15. The van der Waals surface area contributed by atoms with Crippen molar-refractivity contribution in [2.75, 3.05) is 11.1 Å². The number of pyridine rings is 1. The van der Waals surface area contributed by atoms with E-state index in [4.69, 9.17) is 5.73 Å². The molecule has 0 aliphatic heterocycles. The molecule has 10 nitrogen and oxygen atoms in total. The minimum Gasteiger partial charge on any atom is -0.393 e. The first-order valence-corrected chi connectivity index (χ1v) is 10.1. The standard InChI is InChI=1S/C20H25N7O3/c1-3-26-16(8-9-22-26)24-18(29)15-10-14-11(2)23-20(21)25-17(14)27(19(15)30)12-4-6-13(28)7-5-12/h8-10,12-13,28H,3-7H2,1-2H3,(H,24,29)(H2,21,23,25)/t12-,13-. The van der Waals surface area contributed by atoms with E-state index in [0.717, 1.165) is 0 Å². The SMILES string of the molecule is CCn1nccc1NC(=O)c1cc2c(C)nc(N)nc2n([C@H]2CC[C@H](O)CC2)c1=O. The zero-order valence-corrected chi connectivity index (χ0v) is 17.0. The number of aromatic nitrogens is 5. The topological polar surface area (TPSA) is 141 Å². The lowest BCUT2D eigenvalue weighted by molar-refractivity contribution is 0.101. The summed E-state index contributed by atoms with van der Waals surface area (Å²) in [5, 5.41) is 17.4. The highest BCUT2D eigenvalue weighted by Crippen LogP contribution is 2.30. The van der Waals surface area contributed by atoms with Crippen LogP contribution in [0.2, 0.25) is 0 Å². The normalized spacial score (nSPS) is 19.2. The molecule has 3 aromatic heterocycles. The number of aliphatic hydroxyl groups is 1. The zero-order chi connectivity index (χ0) is 21.4. The first kappa shape index (κ1) is 20.0. The lowest BCUT2D eigenvalue weighted by Gasteiger charge is -2.28. The van der Waals surface area contributed by atoms with E-state index in [1.807, 2.05) is 6.92 Å². The number of rotatable bonds is 4. The van der Waals surface area contributed by atoms with Crippen molar-refractivity contribution in [3.05, 3.63) is 39.9 Å². The molecular formula is C20H25N7O3. The molecule has 0 saturated heterocycles. The number of anilines is 2. The van der Waals surface area contributed by atoms with Crippen LogP contribution in [0.25, 0.3) is 11.0 Å². The average molecular weight is 411 g/mol. The van der Waals surface area contributed by atoms with Crippen molar-refractivity contribution in [2.24, 2.45) is 0 Å². The fourth-order valence-electron chi connectivity index (χ4n) is 4.06. The molecule has 0 aromatic carbocycles. The summed E-state index contributed by atoms with van der Waals surface area (Å²) < 4.78 is 3.19. The lowest BCUT2D eigenvalue weighted by atomic mass is 9.92. The van der Waals surface area contributed by atoms with Gasteiger partial charge in [0.05, 0.1) is 18.0 Å². The molecule has 0 bridgehead atoms. The van der Waals surface area contributed by atoms with Crippen molar-refractivity contribution in [3.8, 4) is 0 Å². The van der Waals surface area contributed by atoms with E-state index in [2.05, 4.69) is 20.4 Å². The largest absolute Gasteiger partial charge is 0.393 e. The molecule has 4 rings (SSSR count). The number of nitrogens with zero attached hydrogens (tertiary/aromatic N) is 5. The van der Waals surface area contributed by atoms with Crippen molar-refractivity contribution < 1.29 is 9.90 Å². The Morgan fingerprint density at radius 1 is 1.30 bits per heavy atom. The molecule has 30 heavy (non-hydrogen) atoms. The van der Waals surface area contributed by atoms with Gasteiger partial charge in [-0.1, -0.05) is 0 Å². The zero-order valence-electron chi connectivity index (χ0n) is 17.0. The molecule has 0 spiro atoms. The minimum absolute atomic E-state index is 0.00828. The maximum absolute atomic E-state index is 13.4. The molecule has 1 saturated carbocycles. The van der Waals surface area contributed by atoms with Gasteiger partial charge < -0.3 is 16.2 Å². The van der Waals surface area contributed by atoms with Gasteiger partial charge in [-0.25, -0.2) is 9.67 Å². The number of hydrogen-bond acceptors (Lipinski definition) is 7. The predicted octanol–water partition coefficient (Wildman–Crippen LogP) is 1.63. The number of hydrogen-bond donors (Lipinski definition) is 3. The Morgan fingerprint density at radius 2 is 2.03 bits per heavy atom.